The second kappa shape index (κ2) is 9.98. The Morgan fingerprint density at radius 1 is 1.14 bits per heavy atom. The van der Waals surface area contributed by atoms with Crippen molar-refractivity contribution in [3.05, 3.63) is 57.5 Å². The van der Waals surface area contributed by atoms with Crippen molar-refractivity contribution in [3.63, 3.8) is 0 Å². The summed E-state index contributed by atoms with van der Waals surface area (Å²) in [5, 5.41) is 8.94. The molecule has 0 atom stereocenters. The molecule has 0 saturated carbocycles. The van der Waals surface area contributed by atoms with E-state index in [1.165, 1.54) is 10.6 Å². The number of rotatable bonds is 7. The van der Waals surface area contributed by atoms with E-state index in [0.29, 0.717) is 13.2 Å². The van der Waals surface area contributed by atoms with E-state index in [4.69, 9.17) is 14.6 Å². The van der Waals surface area contributed by atoms with Gasteiger partial charge in [-0.05, 0) is 29.1 Å². The lowest BCUT2D eigenvalue weighted by molar-refractivity contribution is 0.122. The van der Waals surface area contributed by atoms with Gasteiger partial charge in [0.1, 0.15) is 0 Å². The maximum Gasteiger partial charge on any atom is 0.206 e. The van der Waals surface area contributed by atoms with Crippen LogP contribution in [0.5, 0.6) is 0 Å². The Morgan fingerprint density at radius 2 is 1.97 bits per heavy atom. The van der Waals surface area contributed by atoms with Crippen molar-refractivity contribution in [2.45, 2.75) is 0 Å². The summed E-state index contributed by atoms with van der Waals surface area (Å²) in [5.74, 6) is 0. The second-order valence-electron chi connectivity index (χ2n) is 6.50. The molecular formula is C21H24N4O2S2. The third-order valence-corrected chi connectivity index (χ3v) is 6.34. The lowest BCUT2D eigenvalue weighted by Gasteiger charge is -2.28. The minimum absolute atomic E-state index is 0.596. The highest BCUT2D eigenvalue weighted by atomic mass is 32.1. The molecule has 1 fully saturated rings. The molecule has 3 aromatic rings. The van der Waals surface area contributed by atoms with Crippen LogP contribution in [-0.4, -0.2) is 57.5 Å². The van der Waals surface area contributed by atoms with Crippen molar-refractivity contribution in [3.8, 4) is 10.6 Å². The van der Waals surface area contributed by atoms with Gasteiger partial charge in [-0.25, -0.2) is 4.68 Å². The van der Waals surface area contributed by atoms with Crippen LogP contribution >= 0.6 is 22.7 Å². The van der Waals surface area contributed by atoms with Gasteiger partial charge in [0, 0.05) is 31.3 Å². The summed E-state index contributed by atoms with van der Waals surface area (Å²) in [4.78, 5) is 9.03. The first-order chi connectivity index (χ1) is 14.3. The van der Waals surface area contributed by atoms with Gasteiger partial charge in [0.2, 0.25) is 4.80 Å². The molecule has 0 amide bonds. The van der Waals surface area contributed by atoms with E-state index in [-0.39, 0.29) is 0 Å². The third kappa shape index (κ3) is 5.02. The van der Waals surface area contributed by atoms with Crippen LogP contribution in [0.3, 0.4) is 0 Å². The predicted octanol–water partition coefficient (Wildman–Crippen LogP) is 3.54. The van der Waals surface area contributed by atoms with E-state index in [2.05, 4.69) is 57.1 Å². The SMILES string of the molecule is COCCN=c1scc(-c2cccs2)n1/N=C\c1ccc(N2CCOCC2)cc1. The quantitative estimate of drug-likeness (QED) is 0.427. The van der Waals surface area contributed by atoms with Gasteiger partial charge >= 0.3 is 0 Å². The fourth-order valence-electron chi connectivity index (χ4n) is 3.06. The summed E-state index contributed by atoms with van der Waals surface area (Å²) in [5.41, 5.74) is 3.34. The van der Waals surface area contributed by atoms with Crippen LogP contribution in [0.1, 0.15) is 5.56 Å². The van der Waals surface area contributed by atoms with E-state index in [1.54, 1.807) is 29.8 Å². The van der Waals surface area contributed by atoms with Crippen LogP contribution in [0, 0.1) is 0 Å². The van der Waals surface area contributed by atoms with Crippen molar-refractivity contribution in [2.24, 2.45) is 10.1 Å². The number of nitrogens with zero attached hydrogens (tertiary/aromatic N) is 4. The van der Waals surface area contributed by atoms with Crippen LogP contribution in [-0.2, 0) is 9.47 Å². The molecule has 29 heavy (non-hydrogen) atoms. The Kier molecular flexibility index (Phi) is 6.89. The van der Waals surface area contributed by atoms with Crippen LogP contribution in [0.4, 0.5) is 5.69 Å². The molecule has 6 nitrogen and oxygen atoms in total. The van der Waals surface area contributed by atoms with Gasteiger partial charge in [-0.15, -0.1) is 22.7 Å². The van der Waals surface area contributed by atoms with E-state index < -0.39 is 0 Å². The van der Waals surface area contributed by atoms with Crippen LogP contribution < -0.4 is 9.70 Å². The number of anilines is 1. The number of morpholine rings is 1. The molecule has 8 heteroatoms. The fourth-order valence-corrected chi connectivity index (χ4v) is 4.72. The average Bonchev–Trinajstić information content (AvgIpc) is 3.43. The van der Waals surface area contributed by atoms with Crippen molar-refractivity contribution >= 4 is 34.6 Å². The van der Waals surface area contributed by atoms with Crippen molar-refractivity contribution in [2.75, 3.05) is 51.5 Å². The zero-order chi connectivity index (χ0) is 19.9. The topological polar surface area (TPSA) is 51.3 Å². The van der Waals surface area contributed by atoms with Crippen LogP contribution in [0.15, 0.2) is 57.3 Å². The molecule has 0 aliphatic carbocycles. The van der Waals surface area contributed by atoms with Crippen molar-refractivity contribution in [1.82, 2.24) is 4.68 Å². The summed E-state index contributed by atoms with van der Waals surface area (Å²) in [7, 11) is 1.69. The van der Waals surface area contributed by atoms with Gasteiger partial charge in [0.25, 0.3) is 0 Å². The summed E-state index contributed by atoms with van der Waals surface area (Å²) in [6.07, 6.45) is 1.89. The molecule has 1 saturated heterocycles. The highest BCUT2D eigenvalue weighted by molar-refractivity contribution is 7.14. The summed E-state index contributed by atoms with van der Waals surface area (Å²) in [6.45, 7) is 4.67. The zero-order valence-electron chi connectivity index (χ0n) is 16.4. The molecule has 0 spiro atoms. The predicted molar refractivity (Wildman–Crippen MR) is 120 cm³/mol. The molecule has 1 aliphatic heterocycles. The Labute approximate surface area is 178 Å². The fraction of sp³-hybridized carbons (Fsp3) is 0.333. The van der Waals surface area contributed by atoms with Crippen LogP contribution in [0.25, 0.3) is 10.6 Å². The number of aromatic nitrogens is 1. The van der Waals surface area contributed by atoms with Gasteiger partial charge < -0.3 is 14.4 Å². The molecule has 1 aliphatic rings. The number of benzene rings is 1. The van der Waals surface area contributed by atoms with Gasteiger partial charge in [-0.3, -0.25) is 4.99 Å². The molecule has 4 rings (SSSR count). The molecule has 3 heterocycles. The highest BCUT2D eigenvalue weighted by Crippen LogP contribution is 2.25. The molecule has 152 valence electrons. The number of thiophene rings is 1. The van der Waals surface area contributed by atoms with Gasteiger partial charge in [-0.2, -0.15) is 5.10 Å². The second-order valence-corrected chi connectivity index (χ2v) is 8.29. The maximum absolute atomic E-state index is 5.43. The summed E-state index contributed by atoms with van der Waals surface area (Å²) in [6, 6.07) is 12.7. The maximum atomic E-state index is 5.43. The Hall–Kier alpha value is -2.26. The minimum atomic E-state index is 0.596. The zero-order valence-corrected chi connectivity index (χ0v) is 18.0. The minimum Gasteiger partial charge on any atom is -0.383 e. The highest BCUT2D eigenvalue weighted by Gasteiger charge is 2.11. The largest absolute Gasteiger partial charge is 0.383 e. The Bertz CT molecular complexity index is 985. The molecule has 2 aromatic heterocycles. The van der Waals surface area contributed by atoms with E-state index in [9.17, 15) is 0 Å². The molecule has 0 N–H and O–H groups in total. The number of hydrogen-bond donors (Lipinski definition) is 0. The first kappa shape index (κ1) is 20.0. The number of hydrogen-bond acceptors (Lipinski definition) is 7. The number of methoxy groups -OCH3 is 1. The van der Waals surface area contributed by atoms with E-state index in [1.807, 2.05) is 10.9 Å². The monoisotopic (exact) mass is 428 g/mol. The molecule has 0 radical (unpaired) electrons. The molecule has 0 bridgehead atoms. The third-order valence-electron chi connectivity index (χ3n) is 4.59. The first-order valence-corrected chi connectivity index (χ1v) is 11.3. The summed E-state index contributed by atoms with van der Waals surface area (Å²) >= 11 is 3.30. The molecule has 1 aromatic carbocycles. The first-order valence-electron chi connectivity index (χ1n) is 9.56. The molecular weight excluding hydrogens is 404 g/mol. The Balaban J connectivity index is 1.58. The van der Waals surface area contributed by atoms with E-state index in [0.717, 1.165) is 42.4 Å². The smallest absolute Gasteiger partial charge is 0.206 e. The number of ether oxygens (including phenoxy) is 2. The van der Waals surface area contributed by atoms with Crippen LogP contribution in [0.2, 0.25) is 0 Å². The lowest BCUT2D eigenvalue weighted by atomic mass is 10.2. The van der Waals surface area contributed by atoms with E-state index >= 15 is 0 Å². The average molecular weight is 429 g/mol. The van der Waals surface area contributed by atoms with Gasteiger partial charge in [0.15, 0.2) is 0 Å². The Morgan fingerprint density at radius 3 is 2.69 bits per heavy atom. The van der Waals surface area contributed by atoms with Crippen molar-refractivity contribution < 1.29 is 9.47 Å². The standard InChI is InChI=1S/C21H24N4O2S2/c1-26-11-8-22-21-25(19(16-29-21)20-3-2-14-28-20)23-15-17-4-6-18(7-5-17)24-9-12-27-13-10-24/h2-7,14-16H,8-13H2,1H3/b22-21?,23-15-. The molecule has 0 unspecified atom stereocenters. The summed E-state index contributed by atoms with van der Waals surface area (Å²) < 4.78 is 12.5. The van der Waals surface area contributed by atoms with Gasteiger partial charge in [-0.1, -0.05) is 18.2 Å². The normalized spacial score (nSPS) is 15.5. The lowest BCUT2D eigenvalue weighted by Crippen LogP contribution is -2.36. The number of thiazole rings is 1. The van der Waals surface area contributed by atoms with Crippen molar-refractivity contribution in [1.29, 1.82) is 0 Å². The van der Waals surface area contributed by atoms with Gasteiger partial charge in [0.05, 0.1) is 43.2 Å².